The van der Waals surface area contributed by atoms with Crippen LogP contribution in [-0.4, -0.2) is 23.3 Å². The summed E-state index contributed by atoms with van der Waals surface area (Å²) in [6.07, 6.45) is 0.847. The van der Waals surface area contributed by atoms with Crippen molar-refractivity contribution in [3.05, 3.63) is 101 Å². The van der Waals surface area contributed by atoms with Gasteiger partial charge in [0.1, 0.15) is 5.82 Å². The molecule has 1 aliphatic rings. The summed E-state index contributed by atoms with van der Waals surface area (Å²) in [5.41, 5.74) is 3.97. The van der Waals surface area contributed by atoms with Gasteiger partial charge in [-0.15, -0.1) is 0 Å². The van der Waals surface area contributed by atoms with Gasteiger partial charge in [0.15, 0.2) is 0 Å². The van der Waals surface area contributed by atoms with Crippen LogP contribution < -0.4 is 5.32 Å². The van der Waals surface area contributed by atoms with E-state index in [0.717, 1.165) is 6.42 Å². The highest BCUT2D eigenvalue weighted by molar-refractivity contribution is 6.05. The van der Waals surface area contributed by atoms with E-state index >= 15 is 0 Å². The molecule has 0 unspecified atom stereocenters. The third kappa shape index (κ3) is 3.78. The highest BCUT2D eigenvalue weighted by atomic mass is 19.1. The number of carbonyl (C=O) groups excluding carboxylic acids is 2. The molecule has 0 fully saturated rings. The molecule has 140 valence electrons. The molecule has 0 bridgehead atoms. The van der Waals surface area contributed by atoms with Gasteiger partial charge in [-0.1, -0.05) is 24.3 Å². The summed E-state index contributed by atoms with van der Waals surface area (Å²) in [6, 6.07) is 20.3. The molecule has 0 aromatic heterocycles. The molecule has 1 N–H and O–H groups in total. The van der Waals surface area contributed by atoms with Crippen molar-refractivity contribution in [2.75, 3.05) is 11.9 Å². The van der Waals surface area contributed by atoms with E-state index in [0.29, 0.717) is 29.9 Å². The maximum absolute atomic E-state index is 13.0. The number of nitrogens with zero attached hydrogens (tertiary/aromatic N) is 1. The Hall–Kier alpha value is -3.47. The molecule has 2 amide bonds. The lowest BCUT2D eigenvalue weighted by Gasteiger charge is -2.29. The van der Waals surface area contributed by atoms with Gasteiger partial charge < -0.3 is 10.2 Å². The van der Waals surface area contributed by atoms with E-state index in [1.165, 1.54) is 35.4 Å². The Bertz CT molecular complexity index is 1010. The second-order valence-electron chi connectivity index (χ2n) is 6.78. The highest BCUT2D eigenvalue weighted by Gasteiger charge is 2.21. The molecular formula is C23H19FN2O2. The van der Waals surface area contributed by atoms with Crippen molar-refractivity contribution in [3.63, 3.8) is 0 Å². The fourth-order valence-corrected chi connectivity index (χ4v) is 3.35. The molecule has 3 aromatic rings. The molecule has 0 saturated carbocycles. The molecule has 1 heterocycles. The highest BCUT2D eigenvalue weighted by Crippen LogP contribution is 2.20. The zero-order chi connectivity index (χ0) is 19.5. The quantitative estimate of drug-likeness (QED) is 0.744. The Morgan fingerprint density at radius 2 is 1.46 bits per heavy atom. The second kappa shape index (κ2) is 7.64. The Labute approximate surface area is 162 Å². The van der Waals surface area contributed by atoms with E-state index in [-0.39, 0.29) is 17.6 Å². The van der Waals surface area contributed by atoms with E-state index in [2.05, 4.69) is 17.4 Å². The van der Waals surface area contributed by atoms with Gasteiger partial charge in [-0.3, -0.25) is 9.59 Å². The predicted octanol–water partition coefficient (Wildman–Crippen LogP) is 4.28. The number of rotatable bonds is 3. The molecule has 28 heavy (non-hydrogen) atoms. The van der Waals surface area contributed by atoms with Crippen molar-refractivity contribution in [2.24, 2.45) is 0 Å². The Morgan fingerprint density at radius 1 is 0.821 bits per heavy atom. The third-order valence-electron chi connectivity index (χ3n) is 4.91. The average molecular weight is 374 g/mol. The van der Waals surface area contributed by atoms with E-state index in [1.807, 2.05) is 17.0 Å². The standard InChI is InChI=1S/C23H19FN2O2/c24-20-9-11-21(12-10-20)25-22(27)17-5-7-18(8-6-17)23(28)26-14-13-16-3-1-2-4-19(16)15-26/h1-12H,13-15H2,(H,25,27). The molecule has 0 saturated heterocycles. The summed E-state index contributed by atoms with van der Waals surface area (Å²) in [4.78, 5) is 27.0. The van der Waals surface area contributed by atoms with Gasteiger partial charge in [-0.2, -0.15) is 0 Å². The van der Waals surface area contributed by atoms with Crippen molar-refractivity contribution < 1.29 is 14.0 Å². The lowest BCUT2D eigenvalue weighted by molar-refractivity contribution is 0.0734. The van der Waals surface area contributed by atoms with Crippen LogP contribution in [0.1, 0.15) is 31.8 Å². The van der Waals surface area contributed by atoms with Gasteiger partial charge in [0, 0.05) is 29.9 Å². The molecule has 0 aliphatic carbocycles. The first-order valence-electron chi connectivity index (χ1n) is 9.13. The van der Waals surface area contributed by atoms with Crippen LogP contribution in [0.4, 0.5) is 10.1 Å². The minimum atomic E-state index is -0.360. The number of nitrogens with one attached hydrogen (secondary N) is 1. The van der Waals surface area contributed by atoms with E-state index in [1.54, 1.807) is 24.3 Å². The predicted molar refractivity (Wildman–Crippen MR) is 106 cm³/mol. The molecule has 3 aromatic carbocycles. The van der Waals surface area contributed by atoms with Gasteiger partial charge >= 0.3 is 0 Å². The number of halogens is 1. The molecule has 0 radical (unpaired) electrons. The fourth-order valence-electron chi connectivity index (χ4n) is 3.35. The van der Waals surface area contributed by atoms with E-state index < -0.39 is 0 Å². The maximum atomic E-state index is 13.0. The van der Waals surface area contributed by atoms with E-state index in [4.69, 9.17) is 0 Å². The summed E-state index contributed by atoms with van der Waals surface area (Å²) in [6.45, 7) is 1.28. The first-order valence-corrected chi connectivity index (χ1v) is 9.13. The molecular weight excluding hydrogens is 355 g/mol. The van der Waals surface area contributed by atoms with Gasteiger partial charge in [-0.05, 0) is 66.1 Å². The Kier molecular flexibility index (Phi) is 4.89. The van der Waals surface area contributed by atoms with Crippen LogP contribution in [0.25, 0.3) is 0 Å². The van der Waals surface area contributed by atoms with Crippen LogP contribution in [0.2, 0.25) is 0 Å². The van der Waals surface area contributed by atoms with Crippen molar-refractivity contribution >= 4 is 17.5 Å². The number of fused-ring (bicyclic) bond motifs is 1. The zero-order valence-electron chi connectivity index (χ0n) is 15.2. The first kappa shape index (κ1) is 17.9. The normalized spacial score (nSPS) is 13.0. The number of amides is 2. The van der Waals surface area contributed by atoms with Gasteiger partial charge in [0.05, 0.1) is 0 Å². The molecule has 4 rings (SSSR count). The number of carbonyl (C=O) groups is 2. The van der Waals surface area contributed by atoms with Crippen molar-refractivity contribution in [2.45, 2.75) is 13.0 Å². The number of hydrogen-bond acceptors (Lipinski definition) is 2. The largest absolute Gasteiger partial charge is 0.334 e. The summed E-state index contributed by atoms with van der Waals surface area (Å²) in [5.74, 6) is -0.710. The number of hydrogen-bond donors (Lipinski definition) is 1. The zero-order valence-corrected chi connectivity index (χ0v) is 15.2. The summed E-state index contributed by atoms with van der Waals surface area (Å²) >= 11 is 0. The second-order valence-corrected chi connectivity index (χ2v) is 6.78. The Balaban J connectivity index is 1.43. The monoisotopic (exact) mass is 374 g/mol. The van der Waals surface area contributed by atoms with Gasteiger partial charge in [0.2, 0.25) is 0 Å². The summed E-state index contributed by atoms with van der Waals surface area (Å²) in [5, 5.41) is 2.71. The molecule has 0 atom stereocenters. The topological polar surface area (TPSA) is 49.4 Å². The first-order chi connectivity index (χ1) is 13.6. The number of anilines is 1. The minimum Gasteiger partial charge on any atom is -0.334 e. The average Bonchev–Trinajstić information content (AvgIpc) is 2.74. The minimum absolute atomic E-state index is 0.0417. The third-order valence-corrected chi connectivity index (χ3v) is 4.91. The van der Waals surface area contributed by atoms with Crippen LogP contribution in [-0.2, 0) is 13.0 Å². The SMILES string of the molecule is O=C(Nc1ccc(F)cc1)c1ccc(C(=O)N2CCc3ccccc3C2)cc1. The lowest BCUT2D eigenvalue weighted by Crippen LogP contribution is -2.35. The van der Waals surface area contributed by atoms with Crippen molar-refractivity contribution in [1.82, 2.24) is 4.90 Å². The van der Waals surface area contributed by atoms with Crippen LogP contribution in [0, 0.1) is 5.82 Å². The lowest BCUT2D eigenvalue weighted by atomic mass is 9.99. The van der Waals surface area contributed by atoms with Crippen LogP contribution in [0.3, 0.4) is 0 Å². The summed E-state index contributed by atoms with van der Waals surface area (Å²) in [7, 11) is 0. The molecule has 0 spiro atoms. The maximum Gasteiger partial charge on any atom is 0.255 e. The van der Waals surface area contributed by atoms with Crippen LogP contribution in [0.5, 0.6) is 0 Å². The molecule has 5 heteroatoms. The summed E-state index contributed by atoms with van der Waals surface area (Å²) < 4.78 is 13.0. The smallest absolute Gasteiger partial charge is 0.255 e. The van der Waals surface area contributed by atoms with Crippen LogP contribution in [0.15, 0.2) is 72.8 Å². The number of benzene rings is 3. The van der Waals surface area contributed by atoms with Crippen molar-refractivity contribution in [3.8, 4) is 0 Å². The van der Waals surface area contributed by atoms with Gasteiger partial charge in [0.25, 0.3) is 11.8 Å². The fraction of sp³-hybridized carbons (Fsp3) is 0.130. The Morgan fingerprint density at radius 3 is 2.18 bits per heavy atom. The molecule has 1 aliphatic heterocycles. The van der Waals surface area contributed by atoms with E-state index in [9.17, 15) is 14.0 Å². The van der Waals surface area contributed by atoms with Crippen molar-refractivity contribution in [1.29, 1.82) is 0 Å². The van der Waals surface area contributed by atoms with Crippen LogP contribution >= 0.6 is 0 Å². The molecule has 4 nitrogen and oxygen atoms in total. The van der Waals surface area contributed by atoms with Gasteiger partial charge in [-0.25, -0.2) is 4.39 Å².